The van der Waals surface area contributed by atoms with Crippen LogP contribution in [0.5, 0.6) is 0 Å². The van der Waals surface area contributed by atoms with Gasteiger partial charge in [0.25, 0.3) is 0 Å². The first-order chi connectivity index (χ1) is 12.1. The fourth-order valence-electron chi connectivity index (χ4n) is 2.84. The van der Waals surface area contributed by atoms with Crippen LogP contribution in [0.25, 0.3) is 16.7 Å². The molecule has 1 saturated carbocycles. The highest BCUT2D eigenvalue weighted by atomic mass is 79.9. The molecule has 1 N–H and O–H groups in total. The lowest BCUT2D eigenvalue weighted by Gasteiger charge is -2.13. The van der Waals surface area contributed by atoms with Crippen molar-refractivity contribution in [2.24, 2.45) is 0 Å². The van der Waals surface area contributed by atoms with Crippen molar-refractivity contribution >= 4 is 32.9 Å². The predicted molar refractivity (Wildman–Crippen MR) is 99.9 cm³/mol. The standard InChI is InChI=1S/C19H16BrN3O2/c20-13-3-1-4-15(10-13)23-11-12(9-17(24)22-14-6-7-14)18(25)16-5-2-8-21-19(16)23/h1-5,8,10-11,14H,6-7,9H2,(H,22,24). The summed E-state index contributed by atoms with van der Waals surface area (Å²) >= 11 is 3.47. The van der Waals surface area contributed by atoms with Crippen LogP contribution in [0.4, 0.5) is 0 Å². The fraction of sp³-hybridized carbons (Fsp3) is 0.211. The lowest BCUT2D eigenvalue weighted by Crippen LogP contribution is -2.29. The Morgan fingerprint density at radius 2 is 2.12 bits per heavy atom. The molecular weight excluding hydrogens is 382 g/mol. The molecule has 1 amide bonds. The van der Waals surface area contributed by atoms with Gasteiger partial charge in [-0.1, -0.05) is 22.0 Å². The van der Waals surface area contributed by atoms with Crippen LogP contribution >= 0.6 is 15.9 Å². The van der Waals surface area contributed by atoms with E-state index in [9.17, 15) is 9.59 Å². The lowest BCUT2D eigenvalue weighted by atomic mass is 10.1. The molecule has 126 valence electrons. The Bertz CT molecular complexity index is 1020. The molecule has 6 heteroatoms. The number of nitrogens with one attached hydrogen (secondary N) is 1. The van der Waals surface area contributed by atoms with E-state index in [-0.39, 0.29) is 23.8 Å². The van der Waals surface area contributed by atoms with E-state index in [4.69, 9.17) is 0 Å². The smallest absolute Gasteiger partial charge is 0.224 e. The van der Waals surface area contributed by atoms with Gasteiger partial charge in [0.1, 0.15) is 5.65 Å². The van der Waals surface area contributed by atoms with Crippen LogP contribution in [-0.4, -0.2) is 21.5 Å². The Morgan fingerprint density at radius 1 is 1.28 bits per heavy atom. The number of carbonyl (C=O) groups excluding carboxylic acids is 1. The summed E-state index contributed by atoms with van der Waals surface area (Å²) < 4.78 is 2.79. The molecule has 1 aliphatic carbocycles. The number of hydrogen-bond acceptors (Lipinski definition) is 3. The maximum absolute atomic E-state index is 12.8. The summed E-state index contributed by atoms with van der Waals surface area (Å²) in [7, 11) is 0. The SMILES string of the molecule is O=C(Cc1cn(-c2cccc(Br)c2)c2ncccc2c1=O)NC1CC1. The van der Waals surface area contributed by atoms with Crippen molar-refractivity contribution in [2.75, 3.05) is 0 Å². The summed E-state index contributed by atoms with van der Waals surface area (Å²) in [6.07, 6.45) is 5.52. The van der Waals surface area contributed by atoms with Gasteiger partial charge in [-0.15, -0.1) is 0 Å². The van der Waals surface area contributed by atoms with E-state index < -0.39 is 0 Å². The summed E-state index contributed by atoms with van der Waals surface area (Å²) in [4.78, 5) is 29.3. The van der Waals surface area contributed by atoms with Crippen molar-refractivity contribution in [1.29, 1.82) is 0 Å². The normalized spacial score (nSPS) is 13.8. The number of halogens is 1. The third-order valence-electron chi connectivity index (χ3n) is 4.22. The van der Waals surface area contributed by atoms with E-state index in [2.05, 4.69) is 26.2 Å². The summed E-state index contributed by atoms with van der Waals surface area (Å²) in [5.41, 5.74) is 1.79. The molecule has 1 aromatic carbocycles. The van der Waals surface area contributed by atoms with Gasteiger partial charge in [-0.05, 0) is 43.2 Å². The van der Waals surface area contributed by atoms with Crippen LogP contribution in [0.1, 0.15) is 18.4 Å². The van der Waals surface area contributed by atoms with Crippen LogP contribution in [0.3, 0.4) is 0 Å². The number of nitrogens with zero attached hydrogens (tertiary/aromatic N) is 2. The summed E-state index contributed by atoms with van der Waals surface area (Å²) in [6, 6.07) is 11.5. The molecule has 1 aliphatic rings. The van der Waals surface area contributed by atoms with Crippen molar-refractivity contribution in [3.8, 4) is 5.69 Å². The average molecular weight is 398 g/mol. The maximum Gasteiger partial charge on any atom is 0.224 e. The van der Waals surface area contributed by atoms with Crippen LogP contribution in [-0.2, 0) is 11.2 Å². The van der Waals surface area contributed by atoms with E-state index in [1.807, 2.05) is 28.8 Å². The number of carbonyl (C=O) groups is 1. The molecule has 0 saturated heterocycles. The van der Waals surface area contributed by atoms with Gasteiger partial charge in [0.2, 0.25) is 5.91 Å². The first-order valence-electron chi connectivity index (χ1n) is 8.16. The van der Waals surface area contributed by atoms with Gasteiger partial charge < -0.3 is 9.88 Å². The van der Waals surface area contributed by atoms with E-state index in [1.165, 1.54) is 0 Å². The third-order valence-corrected chi connectivity index (χ3v) is 4.71. The first-order valence-corrected chi connectivity index (χ1v) is 8.96. The second kappa shape index (κ2) is 6.44. The lowest BCUT2D eigenvalue weighted by molar-refractivity contribution is -0.120. The van der Waals surface area contributed by atoms with Crippen molar-refractivity contribution in [1.82, 2.24) is 14.9 Å². The Labute approximate surface area is 152 Å². The topological polar surface area (TPSA) is 64.0 Å². The van der Waals surface area contributed by atoms with Gasteiger partial charge in [-0.2, -0.15) is 0 Å². The Morgan fingerprint density at radius 3 is 2.88 bits per heavy atom. The zero-order valence-electron chi connectivity index (χ0n) is 13.4. The summed E-state index contributed by atoms with van der Waals surface area (Å²) in [5.74, 6) is -0.108. The second-order valence-corrected chi connectivity index (χ2v) is 7.14. The van der Waals surface area contributed by atoms with Gasteiger partial charge >= 0.3 is 0 Å². The zero-order chi connectivity index (χ0) is 17.4. The van der Waals surface area contributed by atoms with Crippen molar-refractivity contribution in [2.45, 2.75) is 25.3 Å². The molecule has 1 fully saturated rings. The third kappa shape index (κ3) is 3.35. The Hall–Kier alpha value is -2.47. The molecule has 5 nitrogen and oxygen atoms in total. The van der Waals surface area contributed by atoms with Gasteiger partial charge in [0.15, 0.2) is 5.43 Å². The van der Waals surface area contributed by atoms with E-state index in [0.717, 1.165) is 23.0 Å². The molecule has 0 radical (unpaired) electrons. The molecule has 3 aromatic rings. The zero-order valence-corrected chi connectivity index (χ0v) is 15.0. The molecule has 2 heterocycles. The maximum atomic E-state index is 12.8. The molecule has 0 bridgehead atoms. The number of amides is 1. The Balaban J connectivity index is 1.84. The quantitative estimate of drug-likeness (QED) is 0.735. The summed E-state index contributed by atoms with van der Waals surface area (Å²) in [6.45, 7) is 0. The highest BCUT2D eigenvalue weighted by molar-refractivity contribution is 9.10. The van der Waals surface area contributed by atoms with Gasteiger partial charge in [-0.3, -0.25) is 9.59 Å². The molecule has 4 rings (SSSR count). The number of aromatic nitrogens is 2. The minimum absolute atomic E-state index is 0.0776. The van der Waals surface area contributed by atoms with E-state index >= 15 is 0 Å². The minimum Gasteiger partial charge on any atom is -0.353 e. The monoisotopic (exact) mass is 397 g/mol. The molecule has 0 unspecified atom stereocenters. The fourth-order valence-corrected chi connectivity index (χ4v) is 3.23. The van der Waals surface area contributed by atoms with Gasteiger partial charge in [0.05, 0.1) is 11.8 Å². The first kappa shape index (κ1) is 16.0. The molecule has 2 aromatic heterocycles. The number of benzene rings is 1. The van der Waals surface area contributed by atoms with Crippen LogP contribution in [0.2, 0.25) is 0 Å². The van der Waals surface area contributed by atoms with Crippen molar-refractivity contribution in [3.63, 3.8) is 0 Å². The largest absolute Gasteiger partial charge is 0.353 e. The highest BCUT2D eigenvalue weighted by Gasteiger charge is 2.24. The molecule has 0 aliphatic heterocycles. The number of rotatable bonds is 4. The average Bonchev–Trinajstić information content (AvgIpc) is 3.41. The number of fused-ring (bicyclic) bond motifs is 1. The van der Waals surface area contributed by atoms with Gasteiger partial charge in [-0.25, -0.2) is 4.98 Å². The number of hydrogen-bond donors (Lipinski definition) is 1. The van der Waals surface area contributed by atoms with E-state index in [0.29, 0.717) is 16.6 Å². The molecule has 25 heavy (non-hydrogen) atoms. The van der Waals surface area contributed by atoms with Crippen LogP contribution in [0, 0.1) is 0 Å². The second-order valence-electron chi connectivity index (χ2n) is 6.23. The van der Waals surface area contributed by atoms with Crippen molar-refractivity contribution in [3.05, 3.63) is 69.1 Å². The van der Waals surface area contributed by atoms with Crippen LogP contribution in [0.15, 0.2) is 58.1 Å². The highest BCUT2D eigenvalue weighted by Crippen LogP contribution is 2.21. The number of pyridine rings is 2. The van der Waals surface area contributed by atoms with E-state index in [1.54, 1.807) is 24.5 Å². The predicted octanol–water partition coefficient (Wildman–Crippen LogP) is 2.97. The van der Waals surface area contributed by atoms with Crippen LogP contribution < -0.4 is 10.7 Å². The molecule has 0 spiro atoms. The molecule has 0 atom stereocenters. The van der Waals surface area contributed by atoms with Crippen molar-refractivity contribution < 1.29 is 4.79 Å². The van der Waals surface area contributed by atoms with Gasteiger partial charge in [0, 0.05) is 34.2 Å². The summed E-state index contributed by atoms with van der Waals surface area (Å²) in [5, 5.41) is 3.45. The minimum atomic E-state index is -0.139. The Kier molecular flexibility index (Phi) is 4.13. The molecular formula is C19H16BrN3O2.